The summed E-state index contributed by atoms with van der Waals surface area (Å²) in [4.78, 5) is 4.68. The van der Waals surface area contributed by atoms with Gasteiger partial charge in [0.15, 0.2) is 0 Å². The summed E-state index contributed by atoms with van der Waals surface area (Å²) in [6.07, 6.45) is 0.364. The van der Waals surface area contributed by atoms with E-state index >= 15 is 0 Å². The summed E-state index contributed by atoms with van der Waals surface area (Å²) in [5.74, 6) is 0. The number of likely N-dealkylation sites (N-methyl/N-ethyl adjacent to an activating group) is 2. The SMILES string of the molecule is CC(C)N(C)CCNCC1CN(C)CCO1. The molecule has 0 aliphatic carbocycles. The molecule has 1 N–H and O–H groups in total. The Balaban J connectivity index is 2.02. The van der Waals surface area contributed by atoms with E-state index in [0.717, 1.165) is 39.3 Å². The maximum atomic E-state index is 5.69. The highest BCUT2D eigenvalue weighted by atomic mass is 16.5. The van der Waals surface area contributed by atoms with Gasteiger partial charge in [-0.1, -0.05) is 0 Å². The first-order chi connectivity index (χ1) is 7.59. The van der Waals surface area contributed by atoms with Crippen molar-refractivity contribution in [1.29, 1.82) is 0 Å². The summed E-state index contributed by atoms with van der Waals surface area (Å²) in [5.41, 5.74) is 0. The van der Waals surface area contributed by atoms with Crippen LogP contribution in [0.1, 0.15) is 13.8 Å². The molecular weight excluding hydrogens is 202 g/mol. The second-order valence-electron chi connectivity index (χ2n) is 5.03. The largest absolute Gasteiger partial charge is 0.374 e. The molecule has 0 aromatic carbocycles. The number of nitrogens with one attached hydrogen (secondary N) is 1. The Kier molecular flexibility index (Phi) is 6.28. The normalized spacial score (nSPS) is 23.2. The highest BCUT2D eigenvalue weighted by molar-refractivity contribution is 4.71. The van der Waals surface area contributed by atoms with E-state index in [1.807, 2.05) is 0 Å². The lowest BCUT2D eigenvalue weighted by Gasteiger charge is -2.30. The predicted molar refractivity (Wildman–Crippen MR) is 67.9 cm³/mol. The van der Waals surface area contributed by atoms with Crippen LogP contribution in [0.5, 0.6) is 0 Å². The van der Waals surface area contributed by atoms with E-state index in [1.165, 1.54) is 0 Å². The minimum absolute atomic E-state index is 0.364. The number of nitrogens with zero attached hydrogens (tertiary/aromatic N) is 2. The molecule has 0 aromatic rings. The van der Waals surface area contributed by atoms with Crippen molar-refractivity contribution in [3.63, 3.8) is 0 Å². The summed E-state index contributed by atoms with van der Waals surface area (Å²) in [7, 11) is 4.32. The van der Waals surface area contributed by atoms with Crippen LogP contribution in [0.25, 0.3) is 0 Å². The minimum atomic E-state index is 0.364. The van der Waals surface area contributed by atoms with E-state index < -0.39 is 0 Å². The fraction of sp³-hybridized carbons (Fsp3) is 1.00. The third-order valence-corrected chi connectivity index (χ3v) is 3.24. The van der Waals surface area contributed by atoms with Gasteiger partial charge in [-0.2, -0.15) is 0 Å². The standard InChI is InChI=1S/C12H27N3O/c1-11(2)15(4)6-5-13-9-12-10-14(3)7-8-16-12/h11-13H,5-10H2,1-4H3. The molecule has 1 heterocycles. The lowest BCUT2D eigenvalue weighted by molar-refractivity contribution is -0.0181. The van der Waals surface area contributed by atoms with Gasteiger partial charge in [0.2, 0.25) is 0 Å². The van der Waals surface area contributed by atoms with Gasteiger partial charge >= 0.3 is 0 Å². The average molecular weight is 229 g/mol. The number of rotatable bonds is 6. The molecule has 4 heteroatoms. The first-order valence-corrected chi connectivity index (χ1v) is 6.30. The Bertz CT molecular complexity index is 187. The highest BCUT2D eigenvalue weighted by Gasteiger charge is 2.16. The van der Waals surface area contributed by atoms with Crippen molar-refractivity contribution in [2.24, 2.45) is 0 Å². The smallest absolute Gasteiger partial charge is 0.0826 e. The van der Waals surface area contributed by atoms with Gasteiger partial charge in [-0.3, -0.25) is 0 Å². The third kappa shape index (κ3) is 5.25. The summed E-state index contributed by atoms with van der Waals surface area (Å²) < 4.78 is 5.69. The van der Waals surface area contributed by atoms with Gasteiger partial charge in [0.1, 0.15) is 0 Å². The molecule has 0 saturated carbocycles. The summed E-state index contributed by atoms with van der Waals surface area (Å²) in [6, 6.07) is 0.624. The van der Waals surface area contributed by atoms with Crippen LogP contribution in [0, 0.1) is 0 Å². The maximum absolute atomic E-state index is 5.69. The van der Waals surface area contributed by atoms with Crippen LogP contribution in [0.15, 0.2) is 0 Å². The van der Waals surface area contributed by atoms with Gasteiger partial charge in [0.25, 0.3) is 0 Å². The Hall–Kier alpha value is -0.160. The Morgan fingerprint density at radius 3 is 2.88 bits per heavy atom. The van der Waals surface area contributed by atoms with Gasteiger partial charge in [0.05, 0.1) is 12.7 Å². The zero-order valence-corrected chi connectivity index (χ0v) is 11.2. The molecule has 0 radical (unpaired) electrons. The van der Waals surface area contributed by atoms with Crippen molar-refractivity contribution in [2.45, 2.75) is 26.0 Å². The number of morpholine rings is 1. The maximum Gasteiger partial charge on any atom is 0.0826 e. The first-order valence-electron chi connectivity index (χ1n) is 6.30. The monoisotopic (exact) mass is 229 g/mol. The van der Waals surface area contributed by atoms with Crippen LogP contribution in [0.4, 0.5) is 0 Å². The zero-order valence-electron chi connectivity index (χ0n) is 11.2. The molecule has 1 atom stereocenters. The van der Waals surface area contributed by atoms with E-state index in [-0.39, 0.29) is 0 Å². The van der Waals surface area contributed by atoms with Crippen LogP contribution < -0.4 is 5.32 Å². The van der Waals surface area contributed by atoms with Crippen LogP contribution >= 0.6 is 0 Å². The second-order valence-corrected chi connectivity index (χ2v) is 5.03. The Labute approximate surface area is 99.9 Å². The minimum Gasteiger partial charge on any atom is -0.374 e. The van der Waals surface area contributed by atoms with Gasteiger partial charge in [0, 0.05) is 38.8 Å². The van der Waals surface area contributed by atoms with Gasteiger partial charge < -0.3 is 19.9 Å². The molecular formula is C12H27N3O. The Morgan fingerprint density at radius 1 is 1.50 bits per heavy atom. The summed E-state index contributed by atoms with van der Waals surface area (Å²) >= 11 is 0. The van der Waals surface area contributed by atoms with E-state index in [1.54, 1.807) is 0 Å². The Morgan fingerprint density at radius 2 is 2.25 bits per heavy atom. The van der Waals surface area contributed by atoms with E-state index in [9.17, 15) is 0 Å². The molecule has 1 unspecified atom stereocenters. The molecule has 16 heavy (non-hydrogen) atoms. The molecule has 0 amide bonds. The van der Waals surface area contributed by atoms with E-state index in [2.05, 4.69) is 43.1 Å². The van der Waals surface area contributed by atoms with E-state index in [0.29, 0.717) is 12.1 Å². The van der Waals surface area contributed by atoms with Crippen molar-refractivity contribution in [1.82, 2.24) is 15.1 Å². The van der Waals surface area contributed by atoms with Crippen molar-refractivity contribution in [2.75, 3.05) is 53.4 Å². The molecule has 0 aromatic heterocycles. The van der Waals surface area contributed by atoms with E-state index in [4.69, 9.17) is 4.74 Å². The van der Waals surface area contributed by atoms with Crippen LogP contribution in [-0.2, 0) is 4.74 Å². The highest BCUT2D eigenvalue weighted by Crippen LogP contribution is 2.01. The topological polar surface area (TPSA) is 27.7 Å². The lowest BCUT2D eigenvalue weighted by Crippen LogP contribution is -2.46. The fourth-order valence-electron chi connectivity index (χ4n) is 1.77. The molecule has 1 aliphatic heterocycles. The van der Waals surface area contributed by atoms with Crippen LogP contribution in [0.3, 0.4) is 0 Å². The molecule has 4 nitrogen and oxygen atoms in total. The first kappa shape index (κ1) is 13.9. The quantitative estimate of drug-likeness (QED) is 0.661. The molecule has 0 spiro atoms. The van der Waals surface area contributed by atoms with Crippen molar-refractivity contribution in [3.8, 4) is 0 Å². The zero-order chi connectivity index (χ0) is 12.0. The molecule has 0 bridgehead atoms. The number of hydrogen-bond acceptors (Lipinski definition) is 4. The molecule has 1 aliphatic rings. The molecule has 96 valence electrons. The van der Waals surface area contributed by atoms with Gasteiger partial charge in [-0.25, -0.2) is 0 Å². The van der Waals surface area contributed by atoms with Crippen LogP contribution in [0.2, 0.25) is 0 Å². The summed E-state index contributed by atoms with van der Waals surface area (Å²) in [5, 5.41) is 3.47. The van der Waals surface area contributed by atoms with Gasteiger partial charge in [-0.05, 0) is 27.9 Å². The molecule has 1 rings (SSSR count). The van der Waals surface area contributed by atoms with Crippen molar-refractivity contribution < 1.29 is 4.74 Å². The van der Waals surface area contributed by atoms with Crippen molar-refractivity contribution >= 4 is 0 Å². The van der Waals surface area contributed by atoms with Crippen molar-refractivity contribution in [3.05, 3.63) is 0 Å². The lowest BCUT2D eigenvalue weighted by atomic mass is 10.3. The number of hydrogen-bond donors (Lipinski definition) is 1. The van der Waals surface area contributed by atoms with Gasteiger partial charge in [-0.15, -0.1) is 0 Å². The van der Waals surface area contributed by atoms with Crippen LogP contribution in [-0.4, -0.2) is 75.4 Å². The predicted octanol–water partition coefficient (Wildman–Crippen LogP) is 0.247. The number of ether oxygens (including phenoxy) is 1. The summed E-state index contributed by atoms with van der Waals surface area (Å²) in [6.45, 7) is 10.5. The fourth-order valence-corrected chi connectivity index (χ4v) is 1.77. The average Bonchev–Trinajstić information content (AvgIpc) is 2.24. The molecule has 1 saturated heterocycles. The second kappa shape index (κ2) is 7.22. The third-order valence-electron chi connectivity index (χ3n) is 3.24. The molecule has 1 fully saturated rings.